The summed E-state index contributed by atoms with van der Waals surface area (Å²) in [5.41, 5.74) is -0.723. The Kier molecular flexibility index (Phi) is 8.37. The van der Waals surface area contributed by atoms with E-state index in [2.05, 4.69) is 9.97 Å². The first-order chi connectivity index (χ1) is 10.8. The molecule has 0 unspecified atom stereocenters. The highest BCUT2D eigenvalue weighted by atomic mass is 32.2. The Balaban J connectivity index is 2.06. The van der Waals surface area contributed by atoms with Crippen molar-refractivity contribution in [1.82, 2.24) is 9.97 Å². The molecule has 1 rings (SSSR count). The molecule has 6 heteroatoms. The first-order valence-electron chi connectivity index (χ1n) is 8.19. The lowest BCUT2D eigenvalue weighted by Crippen LogP contribution is -2.32. The zero-order chi connectivity index (χ0) is 17.3. The molecule has 5 nitrogen and oxygen atoms in total. The molecule has 1 heterocycles. The second-order valence-corrected chi connectivity index (χ2v) is 7.65. The highest BCUT2D eigenvalue weighted by molar-refractivity contribution is 7.99. The van der Waals surface area contributed by atoms with Gasteiger partial charge in [-0.3, -0.25) is 4.79 Å². The van der Waals surface area contributed by atoms with Gasteiger partial charge in [-0.05, 0) is 44.4 Å². The maximum Gasteiger partial charge on any atom is 0.345 e. The summed E-state index contributed by atoms with van der Waals surface area (Å²) in [6, 6.07) is 1.81. The summed E-state index contributed by atoms with van der Waals surface area (Å²) in [4.78, 5) is 29.3. The number of aromatic amines is 1. The van der Waals surface area contributed by atoms with E-state index in [9.17, 15) is 9.59 Å². The zero-order valence-corrected chi connectivity index (χ0v) is 15.4. The second-order valence-electron chi connectivity index (χ2n) is 6.51. The number of nitrogens with one attached hydrogen (secondary N) is 1. The van der Waals surface area contributed by atoms with Crippen molar-refractivity contribution in [2.24, 2.45) is 11.3 Å². The van der Waals surface area contributed by atoms with Crippen LogP contribution in [0.1, 0.15) is 53.4 Å². The molecule has 0 bridgehead atoms. The first-order valence-corrected chi connectivity index (χ1v) is 9.18. The number of H-pyrrole nitrogens is 1. The van der Waals surface area contributed by atoms with Crippen molar-refractivity contribution in [3.8, 4) is 0 Å². The fourth-order valence-corrected chi connectivity index (χ4v) is 2.65. The van der Waals surface area contributed by atoms with Crippen molar-refractivity contribution in [2.45, 2.75) is 58.4 Å². The molecule has 0 aliphatic rings. The van der Waals surface area contributed by atoms with Gasteiger partial charge in [-0.15, -0.1) is 11.8 Å². The van der Waals surface area contributed by atoms with Crippen LogP contribution in [0, 0.1) is 11.3 Å². The number of rotatable bonds is 10. The lowest BCUT2D eigenvalue weighted by atomic mass is 9.81. The summed E-state index contributed by atoms with van der Waals surface area (Å²) in [6.45, 7) is 8.44. The van der Waals surface area contributed by atoms with Gasteiger partial charge in [0.05, 0.1) is 17.0 Å². The number of hydrogen-bond acceptors (Lipinski definition) is 5. The van der Waals surface area contributed by atoms with Crippen LogP contribution in [0.3, 0.4) is 0 Å². The van der Waals surface area contributed by atoms with Crippen molar-refractivity contribution >= 4 is 17.7 Å². The van der Waals surface area contributed by atoms with Crippen LogP contribution >= 0.6 is 11.8 Å². The molecule has 1 aromatic heterocycles. The van der Waals surface area contributed by atoms with Gasteiger partial charge in [-0.25, -0.2) is 9.78 Å². The van der Waals surface area contributed by atoms with Gasteiger partial charge in [-0.1, -0.05) is 26.7 Å². The van der Waals surface area contributed by atoms with Crippen LogP contribution in [0.2, 0.25) is 0 Å². The molecular weight excluding hydrogens is 312 g/mol. The van der Waals surface area contributed by atoms with E-state index in [0.29, 0.717) is 6.61 Å². The van der Waals surface area contributed by atoms with Gasteiger partial charge in [0, 0.05) is 6.20 Å². The predicted octanol–water partition coefficient (Wildman–Crippen LogP) is 3.65. The molecule has 1 N–H and O–H groups in total. The van der Waals surface area contributed by atoms with E-state index in [4.69, 9.17) is 4.74 Å². The molecule has 23 heavy (non-hydrogen) atoms. The van der Waals surface area contributed by atoms with Crippen LogP contribution in [0.15, 0.2) is 22.1 Å². The van der Waals surface area contributed by atoms with E-state index in [-0.39, 0.29) is 17.6 Å². The Hall–Kier alpha value is -1.30. The lowest BCUT2D eigenvalue weighted by Gasteiger charge is -2.26. The smallest absolute Gasteiger partial charge is 0.345 e. The SMILES string of the molecule is CC(C)C(C)(C)C(=O)OCCCCCCSc1ccnc(=O)[nH]1. The molecule has 0 aliphatic carbocycles. The summed E-state index contributed by atoms with van der Waals surface area (Å²) in [6.07, 6.45) is 5.63. The van der Waals surface area contributed by atoms with E-state index in [1.807, 2.05) is 33.8 Å². The summed E-state index contributed by atoms with van der Waals surface area (Å²) in [5, 5.41) is 0.856. The number of hydrogen-bond donors (Lipinski definition) is 1. The summed E-state index contributed by atoms with van der Waals surface area (Å²) >= 11 is 1.63. The zero-order valence-electron chi connectivity index (χ0n) is 14.6. The van der Waals surface area contributed by atoms with Crippen molar-refractivity contribution in [3.63, 3.8) is 0 Å². The van der Waals surface area contributed by atoms with Crippen molar-refractivity contribution in [1.29, 1.82) is 0 Å². The molecule has 0 atom stereocenters. The second kappa shape index (κ2) is 9.75. The van der Waals surface area contributed by atoms with Crippen LogP contribution in [-0.2, 0) is 9.53 Å². The lowest BCUT2D eigenvalue weighted by molar-refractivity contribution is -0.156. The molecule has 0 aliphatic heterocycles. The molecule has 0 saturated carbocycles. The average molecular weight is 340 g/mol. The minimum absolute atomic E-state index is 0.107. The number of thioether (sulfide) groups is 1. The Labute approximate surface area is 142 Å². The molecule has 0 saturated heterocycles. The minimum atomic E-state index is -0.419. The largest absolute Gasteiger partial charge is 0.465 e. The van der Waals surface area contributed by atoms with Crippen LogP contribution in [-0.4, -0.2) is 28.3 Å². The minimum Gasteiger partial charge on any atom is -0.465 e. The fraction of sp³-hybridized carbons (Fsp3) is 0.706. The Morgan fingerprint density at radius 3 is 2.65 bits per heavy atom. The monoisotopic (exact) mass is 340 g/mol. The van der Waals surface area contributed by atoms with Gasteiger partial charge in [0.15, 0.2) is 0 Å². The molecule has 0 radical (unpaired) electrons. The normalized spacial score (nSPS) is 11.7. The Bertz CT molecular complexity index is 541. The maximum absolute atomic E-state index is 12.0. The quantitative estimate of drug-likeness (QED) is 0.305. The van der Waals surface area contributed by atoms with Gasteiger partial charge in [-0.2, -0.15) is 0 Å². The standard InChI is InChI=1S/C17H28N2O3S/c1-13(2)17(3,4)15(20)22-11-7-5-6-8-12-23-14-9-10-18-16(21)19-14/h9-10,13H,5-8,11-12H2,1-4H3,(H,18,19,21). The number of carbonyl (C=O) groups excluding carboxylic acids is 1. The Morgan fingerprint density at radius 2 is 2.00 bits per heavy atom. The fourth-order valence-electron chi connectivity index (χ4n) is 1.76. The van der Waals surface area contributed by atoms with Gasteiger partial charge in [0.25, 0.3) is 0 Å². The average Bonchev–Trinajstić information content (AvgIpc) is 2.49. The van der Waals surface area contributed by atoms with E-state index < -0.39 is 5.41 Å². The number of ether oxygens (including phenoxy) is 1. The van der Waals surface area contributed by atoms with E-state index >= 15 is 0 Å². The van der Waals surface area contributed by atoms with Crippen LogP contribution in [0.25, 0.3) is 0 Å². The van der Waals surface area contributed by atoms with E-state index in [0.717, 1.165) is 36.5 Å². The van der Waals surface area contributed by atoms with Crippen LogP contribution < -0.4 is 5.69 Å². The number of nitrogens with zero attached hydrogens (tertiary/aromatic N) is 1. The molecule has 0 aromatic carbocycles. The van der Waals surface area contributed by atoms with Gasteiger partial charge < -0.3 is 9.72 Å². The molecule has 0 fully saturated rings. The molecule has 1 aromatic rings. The number of esters is 1. The molecule has 0 amide bonds. The number of aromatic nitrogens is 2. The highest BCUT2D eigenvalue weighted by Crippen LogP contribution is 2.27. The van der Waals surface area contributed by atoms with Gasteiger partial charge in [0.2, 0.25) is 0 Å². The molecule has 130 valence electrons. The van der Waals surface area contributed by atoms with Crippen LogP contribution in [0.5, 0.6) is 0 Å². The van der Waals surface area contributed by atoms with E-state index in [1.165, 1.54) is 6.20 Å². The Morgan fingerprint density at radius 1 is 1.30 bits per heavy atom. The topological polar surface area (TPSA) is 72.0 Å². The third-order valence-corrected chi connectivity index (χ3v) is 5.19. The van der Waals surface area contributed by atoms with Crippen LogP contribution in [0.4, 0.5) is 0 Å². The van der Waals surface area contributed by atoms with Crippen molar-refractivity contribution < 1.29 is 9.53 Å². The summed E-state index contributed by atoms with van der Waals surface area (Å²) < 4.78 is 5.37. The number of carbonyl (C=O) groups is 1. The molecule has 0 spiro atoms. The van der Waals surface area contributed by atoms with E-state index in [1.54, 1.807) is 11.8 Å². The van der Waals surface area contributed by atoms with Gasteiger partial charge >= 0.3 is 11.7 Å². The third kappa shape index (κ3) is 7.20. The highest BCUT2D eigenvalue weighted by Gasteiger charge is 2.32. The summed E-state index contributed by atoms with van der Waals surface area (Å²) in [7, 11) is 0. The van der Waals surface area contributed by atoms with Gasteiger partial charge in [0.1, 0.15) is 0 Å². The first kappa shape index (κ1) is 19.7. The van der Waals surface area contributed by atoms with Crippen molar-refractivity contribution in [3.05, 3.63) is 22.7 Å². The molecular formula is C17H28N2O3S. The summed E-state index contributed by atoms with van der Waals surface area (Å²) in [5.74, 6) is 1.12. The predicted molar refractivity (Wildman–Crippen MR) is 93.6 cm³/mol. The third-order valence-electron chi connectivity index (χ3n) is 4.15. The number of unbranched alkanes of at least 4 members (excludes halogenated alkanes) is 3. The van der Waals surface area contributed by atoms with Crippen molar-refractivity contribution in [2.75, 3.05) is 12.4 Å². The maximum atomic E-state index is 12.0.